The number of ether oxygens (including phenoxy) is 1. The maximum Gasteiger partial charge on any atom is 0.346 e. The molecule has 0 bridgehead atoms. The molecule has 4 nitrogen and oxygen atoms in total. The van der Waals surface area contributed by atoms with Crippen LogP contribution in [0.2, 0.25) is 0 Å². The van der Waals surface area contributed by atoms with Crippen LogP contribution in [-0.4, -0.2) is 34.3 Å². The van der Waals surface area contributed by atoms with Crippen LogP contribution in [0.1, 0.15) is 12.5 Å². The van der Waals surface area contributed by atoms with E-state index in [1.165, 1.54) is 12.7 Å². The maximum atomic E-state index is 11.1. The molecule has 6 heteroatoms. The molecule has 0 unspecified atom stereocenters. The van der Waals surface area contributed by atoms with Gasteiger partial charge in [0, 0.05) is 20.7 Å². The number of alkyl halides is 2. The summed E-state index contributed by atoms with van der Waals surface area (Å²) in [6.07, 6.45) is 0.713. The molecule has 0 amide bonds. The van der Waals surface area contributed by atoms with Crippen molar-refractivity contribution in [2.45, 2.75) is 13.3 Å². The number of esters is 1. The molecule has 1 aromatic carbocycles. The van der Waals surface area contributed by atoms with Crippen LogP contribution in [0.5, 0.6) is 0 Å². The Balaban J connectivity index is 2.89. The van der Waals surface area contributed by atoms with E-state index < -0.39 is 5.97 Å². The molecule has 0 aliphatic carbocycles. The molecule has 1 rings (SSSR count). The topological polar surface area (TPSA) is 47.9 Å². The summed E-state index contributed by atoms with van der Waals surface area (Å²) < 4.78 is 6.42. The van der Waals surface area contributed by atoms with Crippen LogP contribution in [0, 0.1) is 5.41 Å². The Morgan fingerprint density at radius 2 is 1.86 bits per heavy atom. The van der Waals surface area contributed by atoms with E-state index in [2.05, 4.69) is 74.1 Å². The van der Waals surface area contributed by atoms with E-state index in [1.807, 2.05) is 18.2 Å². The maximum absolute atomic E-state index is 11.1. The van der Waals surface area contributed by atoms with Crippen molar-refractivity contribution in [3.8, 4) is 0 Å². The van der Waals surface area contributed by atoms with Crippen molar-refractivity contribution in [2.75, 3.05) is 22.6 Å². The number of nitrogens with zero attached hydrogens (tertiary/aromatic N) is 1. The van der Waals surface area contributed by atoms with E-state index in [1.54, 1.807) is 0 Å². The van der Waals surface area contributed by atoms with Crippen LogP contribution in [0.4, 0.5) is 0 Å². The molecule has 0 fully saturated rings. The van der Waals surface area contributed by atoms with Crippen molar-refractivity contribution in [3.05, 3.63) is 35.9 Å². The van der Waals surface area contributed by atoms with Gasteiger partial charge in [0.2, 0.25) is 6.61 Å². The molecule has 21 heavy (non-hydrogen) atoms. The van der Waals surface area contributed by atoms with Gasteiger partial charge in [-0.2, -0.15) is 0 Å². The van der Waals surface area contributed by atoms with Gasteiger partial charge in [-0.25, -0.2) is 4.79 Å². The summed E-state index contributed by atoms with van der Waals surface area (Å²) in [5.74, 6) is -0.427. The standard InChI is InChI=1S/C15H19I2NO3/c1-15(10-16,11-17)13(18-21-9-14(19)20-2)8-12-6-4-3-5-7-12/h3-7H,8-11H2,1-2H3/b18-13+. The molecule has 0 saturated heterocycles. The zero-order valence-corrected chi connectivity index (χ0v) is 16.5. The van der Waals surface area contributed by atoms with Crippen LogP contribution >= 0.6 is 45.2 Å². The molecule has 0 aromatic heterocycles. The third-order valence-corrected chi connectivity index (χ3v) is 6.45. The predicted octanol–water partition coefficient (Wildman–Crippen LogP) is 3.65. The zero-order valence-electron chi connectivity index (χ0n) is 12.1. The van der Waals surface area contributed by atoms with Gasteiger partial charge in [0.25, 0.3) is 0 Å². The molecule has 0 atom stereocenters. The number of carbonyl (C=O) groups excluding carboxylic acids is 1. The third kappa shape index (κ3) is 6.09. The Labute approximate surface area is 152 Å². The van der Waals surface area contributed by atoms with Crippen LogP contribution in [-0.2, 0) is 20.8 Å². The molecular weight excluding hydrogens is 496 g/mol. The van der Waals surface area contributed by atoms with Crippen molar-refractivity contribution in [1.82, 2.24) is 0 Å². The largest absolute Gasteiger partial charge is 0.466 e. The molecule has 0 aliphatic heterocycles. The van der Waals surface area contributed by atoms with Crippen molar-refractivity contribution < 1.29 is 14.4 Å². The molecule has 0 aliphatic rings. The summed E-state index contributed by atoms with van der Waals surface area (Å²) in [5, 5.41) is 4.23. The Bertz CT molecular complexity index is 473. The van der Waals surface area contributed by atoms with Crippen LogP contribution in [0.15, 0.2) is 35.5 Å². The highest BCUT2D eigenvalue weighted by Crippen LogP contribution is 2.27. The van der Waals surface area contributed by atoms with E-state index in [-0.39, 0.29) is 12.0 Å². The number of rotatable bonds is 8. The van der Waals surface area contributed by atoms with E-state index in [4.69, 9.17) is 4.84 Å². The summed E-state index contributed by atoms with van der Waals surface area (Å²) in [6.45, 7) is 2.00. The minimum atomic E-state index is -0.427. The Kier molecular flexibility index (Phi) is 8.53. The van der Waals surface area contributed by atoms with Gasteiger partial charge in [0.1, 0.15) is 0 Å². The molecule has 0 spiro atoms. The average molecular weight is 515 g/mol. The second-order valence-corrected chi connectivity index (χ2v) is 6.40. The molecule has 0 N–H and O–H groups in total. The summed E-state index contributed by atoms with van der Waals surface area (Å²) in [5.41, 5.74) is 2.06. The number of methoxy groups -OCH3 is 1. The monoisotopic (exact) mass is 515 g/mol. The molecule has 0 radical (unpaired) electrons. The first-order valence-electron chi connectivity index (χ1n) is 6.47. The zero-order chi connectivity index (χ0) is 15.7. The van der Waals surface area contributed by atoms with E-state index in [0.717, 1.165) is 14.6 Å². The van der Waals surface area contributed by atoms with Gasteiger partial charge in [-0.15, -0.1) is 0 Å². The first-order chi connectivity index (χ1) is 10.1. The average Bonchev–Trinajstić information content (AvgIpc) is 2.53. The Hall–Kier alpha value is -0.380. The van der Waals surface area contributed by atoms with Crippen LogP contribution < -0.4 is 0 Å². The quantitative estimate of drug-likeness (QED) is 0.175. The lowest BCUT2D eigenvalue weighted by Gasteiger charge is -2.26. The van der Waals surface area contributed by atoms with Crippen molar-refractivity contribution in [2.24, 2.45) is 10.6 Å². The second-order valence-electron chi connectivity index (χ2n) is 4.88. The van der Waals surface area contributed by atoms with Gasteiger partial charge in [-0.1, -0.05) is 87.6 Å². The second kappa shape index (κ2) is 9.60. The van der Waals surface area contributed by atoms with Gasteiger partial charge in [-0.3, -0.25) is 0 Å². The molecule has 0 saturated carbocycles. The van der Waals surface area contributed by atoms with Crippen molar-refractivity contribution in [3.63, 3.8) is 0 Å². The van der Waals surface area contributed by atoms with E-state index in [9.17, 15) is 4.79 Å². The summed E-state index contributed by atoms with van der Waals surface area (Å²) in [4.78, 5) is 16.3. The highest BCUT2D eigenvalue weighted by Gasteiger charge is 2.29. The Morgan fingerprint density at radius 1 is 1.24 bits per heavy atom. The van der Waals surface area contributed by atoms with Crippen LogP contribution in [0.3, 0.4) is 0 Å². The SMILES string of the molecule is COC(=O)CO/N=C(\Cc1ccccc1)C(C)(CI)CI. The fourth-order valence-corrected chi connectivity index (χ4v) is 4.01. The van der Waals surface area contributed by atoms with E-state index in [0.29, 0.717) is 6.42 Å². The highest BCUT2D eigenvalue weighted by atomic mass is 127. The molecular formula is C15H19I2NO3. The summed E-state index contributed by atoms with van der Waals surface area (Å²) >= 11 is 4.73. The van der Waals surface area contributed by atoms with Gasteiger partial charge >= 0.3 is 5.97 Å². The van der Waals surface area contributed by atoms with Crippen LogP contribution in [0.25, 0.3) is 0 Å². The minimum Gasteiger partial charge on any atom is -0.466 e. The lowest BCUT2D eigenvalue weighted by atomic mass is 9.86. The van der Waals surface area contributed by atoms with Gasteiger partial charge in [-0.05, 0) is 5.56 Å². The number of carbonyl (C=O) groups is 1. The van der Waals surface area contributed by atoms with Crippen molar-refractivity contribution in [1.29, 1.82) is 0 Å². The lowest BCUT2D eigenvalue weighted by Crippen LogP contribution is -2.33. The fraction of sp³-hybridized carbons (Fsp3) is 0.467. The minimum absolute atomic E-state index is 0.0624. The number of hydrogen-bond donors (Lipinski definition) is 0. The summed E-state index contributed by atoms with van der Waals surface area (Å²) in [7, 11) is 1.33. The summed E-state index contributed by atoms with van der Waals surface area (Å²) in [6, 6.07) is 10.1. The highest BCUT2D eigenvalue weighted by molar-refractivity contribution is 14.1. The number of benzene rings is 1. The fourth-order valence-electron chi connectivity index (χ4n) is 1.56. The lowest BCUT2D eigenvalue weighted by molar-refractivity contribution is -0.145. The van der Waals surface area contributed by atoms with E-state index >= 15 is 0 Å². The molecule has 116 valence electrons. The van der Waals surface area contributed by atoms with Crippen molar-refractivity contribution >= 4 is 56.9 Å². The molecule has 1 aromatic rings. The first-order valence-corrected chi connectivity index (χ1v) is 9.53. The number of halogens is 2. The number of oxime groups is 1. The normalized spacial score (nSPS) is 12.1. The van der Waals surface area contributed by atoms with Gasteiger partial charge in [0.15, 0.2) is 0 Å². The number of hydrogen-bond acceptors (Lipinski definition) is 4. The Morgan fingerprint density at radius 3 is 2.38 bits per heavy atom. The predicted molar refractivity (Wildman–Crippen MR) is 101 cm³/mol. The first kappa shape index (κ1) is 18.7. The van der Waals surface area contributed by atoms with Gasteiger partial charge in [0.05, 0.1) is 12.8 Å². The van der Waals surface area contributed by atoms with Gasteiger partial charge < -0.3 is 9.57 Å². The third-order valence-electron chi connectivity index (χ3n) is 3.09. The smallest absolute Gasteiger partial charge is 0.346 e. The molecule has 0 heterocycles.